The largest absolute Gasteiger partial charge is 0.356 e. The maximum Gasteiger partial charge on any atom is 0.243 e. The van der Waals surface area contributed by atoms with E-state index in [0.29, 0.717) is 6.04 Å². The SMILES string of the molecule is CC1CCCCN1CCCNC(=NCC(=O)N(C)C)NC1CCCC1.I. The normalized spacial score (nSPS) is 22.0. The minimum atomic E-state index is 0. The lowest BCUT2D eigenvalue weighted by atomic mass is 10.0. The van der Waals surface area contributed by atoms with E-state index in [1.807, 2.05) is 0 Å². The van der Waals surface area contributed by atoms with Gasteiger partial charge in [-0.3, -0.25) is 4.79 Å². The van der Waals surface area contributed by atoms with E-state index in [1.54, 1.807) is 19.0 Å². The van der Waals surface area contributed by atoms with Crippen molar-refractivity contribution in [3.8, 4) is 0 Å². The van der Waals surface area contributed by atoms with E-state index < -0.39 is 0 Å². The minimum absolute atomic E-state index is 0. The van der Waals surface area contributed by atoms with E-state index in [0.717, 1.165) is 31.5 Å². The van der Waals surface area contributed by atoms with Crippen LogP contribution in [0.4, 0.5) is 0 Å². The summed E-state index contributed by atoms with van der Waals surface area (Å²) in [7, 11) is 3.55. The maximum absolute atomic E-state index is 11.8. The second-order valence-corrected chi connectivity index (χ2v) is 7.74. The molecule has 1 heterocycles. The number of halogens is 1. The molecule has 26 heavy (non-hydrogen) atoms. The Morgan fingerprint density at radius 2 is 1.85 bits per heavy atom. The van der Waals surface area contributed by atoms with Crippen LogP contribution < -0.4 is 10.6 Å². The van der Waals surface area contributed by atoms with Gasteiger partial charge in [-0.05, 0) is 45.6 Å². The lowest BCUT2D eigenvalue weighted by Gasteiger charge is -2.33. The van der Waals surface area contributed by atoms with Crippen molar-refractivity contribution in [2.75, 3.05) is 40.3 Å². The van der Waals surface area contributed by atoms with Crippen LogP contribution in [0, 0.1) is 0 Å². The highest BCUT2D eigenvalue weighted by molar-refractivity contribution is 14.0. The Kier molecular flexibility index (Phi) is 11.5. The Hall–Kier alpha value is -0.570. The van der Waals surface area contributed by atoms with Gasteiger partial charge in [-0.2, -0.15) is 0 Å². The Morgan fingerprint density at radius 3 is 2.50 bits per heavy atom. The molecule has 0 aromatic carbocycles. The van der Waals surface area contributed by atoms with E-state index in [9.17, 15) is 4.79 Å². The van der Waals surface area contributed by atoms with E-state index in [4.69, 9.17) is 0 Å². The third-order valence-electron chi connectivity index (χ3n) is 5.42. The first-order valence-electron chi connectivity index (χ1n) is 10.1. The topological polar surface area (TPSA) is 60.0 Å². The van der Waals surface area contributed by atoms with Gasteiger partial charge in [0.25, 0.3) is 0 Å². The molecule has 6 nitrogen and oxygen atoms in total. The van der Waals surface area contributed by atoms with Crippen molar-refractivity contribution < 1.29 is 4.79 Å². The second-order valence-electron chi connectivity index (χ2n) is 7.74. The summed E-state index contributed by atoms with van der Waals surface area (Å²) in [6, 6.07) is 1.22. The monoisotopic (exact) mass is 479 g/mol. The van der Waals surface area contributed by atoms with Gasteiger partial charge >= 0.3 is 0 Å². The fourth-order valence-corrected chi connectivity index (χ4v) is 3.68. The van der Waals surface area contributed by atoms with Gasteiger partial charge in [-0.25, -0.2) is 4.99 Å². The molecule has 1 unspecified atom stereocenters. The third kappa shape index (κ3) is 8.41. The summed E-state index contributed by atoms with van der Waals surface area (Å²) >= 11 is 0. The average Bonchev–Trinajstić information content (AvgIpc) is 3.10. The van der Waals surface area contributed by atoms with Crippen LogP contribution in [0.25, 0.3) is 0 Å². The number of guanidine groups is 1. The Balaban J connectivity index is 0.00000338. The summed E-state index contributed by atoms with van der Waals surface area (Å²) in [4.78, 5) is 20.5. The first kappa shape index (κ1) is 23.5. The van der Waals surface area contributed by atoms with Crippen LogP contribution in [0.1, 0.15) is 58.3 Å². The van der Waals surface area contributed by atoms with Crippen LogP contribution in [0.15, 0.2) is 4.99 Å². The number of piperidine rings is 1. The van der Waals surface area contributed by atoms with Gasteiger partial charge in [0.2, 0.25) is 5.91 Å². The molecule has 0 aromatic rings. The highest BCUT2D eigenvalue weighted by Gasteiger charge is 2.18. The fraction of sp³-hybridized carbons (Fsp3) is 0.895. The number of aliphatic imine (C=N–C) groups is 1. The minimum Gasteiger partial charge on any atom is -0.356 e. The van der Waals surface area contributed by atoms with Crippen LogP contribution in [-0.2, 0) is 4.79 Å². The molecule has 1 saturated carbocycles. The Morgan fingerprint density at radius 1 is 1.15 bits per heavy atom. The number of rotatable bonds is 7. The van der Waals surface area contributed by atoms with Crippen molar-refractivity contribution in [1.82, 2.24) is 20.4 Å². The van der Waals surface area contributed by atoms with Crippen LogP contribution in [-0.4, -0.2) is 74.0 Å². The molecule has 1 amide bonds. The zero-order valence-electron chi connectivity index (χ0n) is 16.8. The molecule has 0 bridgehead atoms. The molecule has 2 aliphatic rings. The average molecular weight is 479 g/mol. The number of likely N-dealkylation sites (N-methyl/N-ethyl adjacent to an activating group) is 1. The fourth-order valence-electron chi connectivity index (χ4n) is 3.68. The molecular formula is C19H38IN5O. The summed E-state index contributed by atoms with van der Waals surface area (Å²) < 4.78 is 0. The molecule has 7 heteroatoms. The zero-order chi connectivity index (χ0) is 18.1. The summed E-state index contributed by atoms with van der Waals surface area (Å²) in [5.74, 6) is 0.837. The number of hydrogen-bond acceptors (Lipinski definition) is 3. The Labute approximate surface area is 176 Å². The van der Waals surface area contributed by atoms with Crippen LogP contribution in [0.5, 0.6) is 0 Å². The highest BCUT2D eigenvalue weighted by atomic mass is 127. The molecule has 0 spiro atoms. The number of nitrogens with zero attached hydrogens (tertiary/aromatic N) is 3. The van der Waals surface area contributed by atoms with Gasteiger partial charge in [0.05, 0.1) is 0 Å². The smallest absolute Gasteiger partial charge is 0.243 e. The molecule has 0 radical (unpaired) electrons. The first-order valence-corrected chi connectivity index (χ1v) is 10.1. The van der Waals surface area contributed by atoms with Gasteiger partial charge < -0.3 is 20.4 Å². The Bertz CT molecular complexity index is 438. The number of hydrogen-bond donors (Lipinski definition) is 2. The van der Waals surface area contributed by atoms with Crippen molar-refractivity contribution in [3.05, 3.63) is 0 Å². The summed E-state index contributed by atoms with van der Waals surface area (Å²) in [5, 5.41) is 6.95. The highest BCUT2D eigenvalue weighted by Crippen LogP contribution is 2.17. The van der Waals surface area contributed by atoms with Crippen molar-refractivity contribution in [1.29, 1.82) is 0 Å². The molecule has 1 aliphatic carbocycles. The first-order chi connectivity index (χ1) is 12.1. The van der Waals surface area contributed by atoms with Crippen molar-refractivity contribution in [3.63, 3.8) is 0 Å². The standard InChI is InChI=1S/C19H37N5O.HI/c1-16-9-6-7-13-24(16)14-8-12-20-19(21-15-18(25)23(2)3)22-17-10-4-5-11-17;/h16-17H,4-15H2,1-3H3,(H2,20,21,22);1H. The van der Waals surface area contributed by atoms with Gasteiger partial charge in [0, 0.05) is 39.3 Å². The van der Waals surface area contributed by atoms with Crippen LogP contribution in [0.2, 0.25) is 0 Å². The quantitative estimate of drug-likeness (QED) is 0.255. The summed E-state index contributed by atoms with van der Waals surface area (Å²) in [6.07, 6.45) is 10.1. The number of carbonyl (C=O) groups is 1. The molecule has 152 valence electrons. The predicted molar refractivity (Wildman–Crippen MR) is 119 cm³/mol. The van der Waals surface area contributed by atoms with Crippen LogP contribution >= 0.6 is 24.0 Å². The molecule has 2 N–H and O–H groups in total. The number of amides is 1. The van der Waals surface area contributed by atoms with Gasteiger partial charge in [0.1, 0.15) is 6.54 Å². The molecule has 2 fully saturated rings. The molecule has 1 saturated heterocycles. The van der Waals surface area contributed by atoms with Gasteiger partial charge in [0.15, 0.2) is 5.96 Å². The third-order valence-corrected chi connectivity index (χ3v) is 5.42. The lowest BCUT2D eigenvalue weighted by Crippen LogP contribution is -2.44. The summed E-state index contributed by atoms with van der Waals surface area (Å²) in [6.45, 7) is 5.82. The maximum atomic E-state index is 11.8. The van der Waals surface area contributed by atoms with Crippen molar-refractivity contribution in [2.45, 2.75) is 70.4 Å². The van der Waals surface area contributed by atoms with Crippen molar-refractivity contribution in [2.24, 2.45) is 4.99 Å². The molecule has 1 aliphatic heterocycles. The van der Waals surface area contributed by atoms with Crippen LogP contribution in [0.3, 0.4) is 0 Å². The van der Waals surface area contributed by atoms with E-state index in [-0.39, 0.29) is 36.4 Å². The molecule has 0 aromatic heterocycles. The second kappa shape index (κ2) is 12.8. The zero-order valence-corrected chi connectivity index (χ0v) is 19.1. The predicted octanol–water partition coefficient (Wildman–Crippen LogP) is 2.43. The summed E-state index contributed by atoms with van der Waals surface area (Å²) in [5.41, 5.74) is 0. The number of likely N-dealkylation sites (tertiary alicyclic amines) is 1. The lowest BCUT2D eigenvalue weighted by molar-refractivity contribution is -0.127. The molecule has 1 atom stereocenters. The van der Waals surface area contributed by atoms with E-state index in [2.05, 4.69) is 27.4 Å². The number of carbonyl (C=O) groups excluding carboxylic acids is 1. The van der Waals surface area contributed by atoms with Gasteiger partial charge in [-0.15, -0.1) is 24.0 Å². The molecule has 2 rings (SSSR count). The van der Waals surface area contributed by atoms with E-state index >= 15 is 0 Å². The van der Waals surface area contributed by atoms with Gasteiger partial charge in [-0.1, -0.05) is 19.3 Å². The molecular weight excluding hydrogens is 441 g/mol. The van der Waals surface area contributed by atoms with Crippen molar-refractivity contribution >= 4 is 35.8 Å². The number of nitrogens with one attached hydrogen (secondary N) is 2. The van der Waals surface area contributed by atoms with E-state index in [1.165, 1.54) is 51.5 Å².